The number of hydrogen-bond acceptors (Lipinski definition) is 0. The van der Waals surface area contributed by atoms with Gasteiger partial charge in [-0.25, -0.2) is 5.57 Å². The van der Waals surface area contributed by atoms with Crippen molar-refractivity contribution in [1.29, 1.82) is 0 Å². The van der Waals surface area contributed by atoms with E-state index in [0.717, 1.165) is 12.8 Å². The molecule has 3 heteroatoms. The average Bonchev–Trinajstić information content (AvgIpc) is 3.40. The zero-order chi connectivity index (χ0) is 27.5. The van der Waals surface area contributed by atoms with Gasteiger partial charge >= 0.3 is 28.4 Å². The van der Waals surface area contributed by atoms with Crippen LogP contribution in [0.3, 0.4) is 0 Å². The molecule has 0 bridgehead atoms. The van der Waals surface area contributed by atoms with Gasteiger partial charge in [-0.05, 0) is 28.4 Å². The Morgan fingerprint density at radius 3 is 1.84 bits per heavy atom. The van der Waals surface area contributed by atoms with Crippen LogP contribution in [0.15, 0.2) is 47.6 Å². The molecule has 0 N–H and O–H groups in total. The van der Waals surface area contributed by atoms with Crippen LogP contribution < -0.4 is 24.8 Å². The third kappa shape index (κ3) is 9.14. The normalized spacial score (nSPS) is 15.8. The topological polar surface area (TPSA) is 0 Å². The van der Waals surface area contributed by atoms with E-state index in [2.05, 4.69) is 129 Å². The summed E-state index contributed by atoms with van der Waals surface area (Å²) >= 11 is 1.30. The molecule has 2 aliphatic carbocycles. The van der Waals surface area contributed by atoms with E-state index in [1.165, 1.54) is 75.2 Å². The van der Waals surface area contributed by atoms with Crippen molar-refractivity contribution in [2.75, 3.05) is 0 Å². The first-order valence-corrected chi connectivity index (χ1v) is 15.3. The van der Waals surface area contributed by atoms with Crippen molar-refractivity contribution in [2.45, 2.75) is 106 Å². The van der Waals surface area contributed by atoms with Gasteiger partial charge in [-0.2, -0.15) is 35.4 Å². The van der Waals surface area contributed by atoms with Gasteiger partial charge in [0.1, 0.15) is 0 Å². The summed E-state index contributed by atoms with van der Waals surface area (Å²) in [5.41, 5.74) is 12.0. The van der Waals surface area contributed by atoms with Gasteiger partial charge in [0, 0.05) is 0 Å². The molecule has 2 aromatic carbocycles. The van der Waals surface area contributed by atoms with E-state index in [1.54, 1.807) is 0 Å². The fourth-order valence-electron chi connectivity index (χ4n) is 4.89. The molecule has 0 amide bonds. The Balaban J connectivity index is 0.000000703. The maximum Gasteiger partial charge on any atom is -1.00 e. The summed E-state index contributed by atoms with van der Waals surface area (Å²) in [5, 5.41) is 0. The number of fused-ring (bicyclic) bond motifs is 3. The maximum absolute atomic E-state index is 3.67. The average molecular weight is 631 g/mol. The summed E-state index contributed by atoms with van der Waals surface area (Å²) in [5.74, 6) is 0.573. The van der Waals surface area contributed by atoms with Crippen LogP contribution in [-0.2, 0) is 41.5 Å². The monoisotopic (exact) mass is 628 g/mol. The van der Waals surface area contributed by atoms with E-state index in [4.69, 9.17) is 0 Å². The van der Waals surface area contributed by atoms with Gasteiger partial charge in [-0.1, -0.05) is 124 Å². The van der Waals surface area contributed by atoms with Gasteiger partial charge in [0.25, 0.3) is 0 Å². The van der Waals surface area contributed by atoms with Crippen molar-refractivity contribution in [1.82, 2.24) is 0 Å². The Kier molecular flexibility index (Phi) is 14.5. The number of halogens is 2. The van der Waals surface area contributed by atoms with Gasteiger partial charge in [0.15, 0.2) is 0 Å². The summed E-state index contributed by atoms with van der Waals surface area (Å²) in [4.78, 5) is 0. The molecule has 0 aromatic heterocycles. The molecule has 208 valence electrons. The fourth-order valence-corrected chi connectivity index (χ4v) is 4.89. The minimum Gasteiger partial charge on any atom is -1.00 e. The van der Waals surface area contributed by atoms with Crippen LogP contribution in [0.1, 0.15) is 111 Å². The van der Waals surface area contributed by atoms with E-state index in [0.29, 0.717) is 11.3 Å². The molecule has 0 fully saturated rings. The number of allylic oxidation sites excluding steroid dienone is 4. The van der Waals surface area contributed by atoms with Gasteiger partial charge in [-0.15, -0.1) is 11.1 Å². The summed E-state index contributed by atoms with van der Waals surface area (Å²) in [6, 6.07) is 15.2. The van der Waals surface area contributed by atoms with Crippen LogP contribution in [0.5, 0.6) is 0 Å². The molecule has 0 radical (unpaired) electrons. The third-order valence-electron chi connectivity index (χ3n) is 7.12. The molecule has 0 saturated heterocycles. The first-order valence-electron chi connectivity index (χ1n) is 13.5. The van der Waals surface area contributed by atoms with Gasteiger partial charge < -0.3 is 24.8 Å². The summed E-state index contributed by atoms with van der Waals surface area (Å²) in [6.07, 6.45) is 9.31. The molecule has 38 heavy (non-hydrogen) atoms. The first kappa shape index (κ1) is 37.3. The SMILES string of the molecule is CC(C)(C)c1[c-]c2c(cc1)-c1ccc(C(C)(C)C)cc1C2.CCC1=[C-]C(CC)C=C1C(C)(C)C.[CH2]=[Zr+2].[Cl-].[Cl-]. The van der Waals surface area contributed by atoms with Crippen LogP contribution in [0.4, 0.5) is 0 Å². The summed E-state index contributed by atoms with van der Waals surface area (Å²) < 4.78 is 3.34. The van der Waals surface area contributed by atoms with Crippen LogP contribution in [-0.4, -0.2) is 4.21 Å². The number of benzene rings is 2. The predicted octanol–water partition coefficient (Wildman–Crippen LogP) is 3.76. The zero-order valence-electron chi connectivity index (χ0n) is 25.6. The Morgan fingerprint density at radius 2 is 1.39 bits per heavy atom. The van der Waals surface area contributed by atoms with Crippen molar-refractivity contribution in [3.05, 3.63) is 82.0 Å². The van der Waals surface area contributed by atoms with Crippen LogP contribution in [0, 0.1) is 23.5 Å². The molecule has 0 spiro atoms. The molecule has 1 unspecified atom stereocenters. The molecule has 0 aliphatic heterocycles. The van der Waals surface area contributed by atoms with Crippen molar-refractivity contribution in [2.24, 2.45) is 11.3 Å². The minimum atomic E-state index is 0. The van der Waals surface area contributed by atoms with Gasteiger partial charge in [0.05, 0.1) is 0 Å². The van der Waals surface area contributed by atoms with E-state index >= 15 is 0 Å². The van der Waals surface area contributed by atoms with E-state index in [-0.39, 0.29) is 35.6 Å². The van der Waals surface area contributed by atoms with Crippen LogP contribution in [0.25, 0.3) is 11.1 Å². The maximum atomic E-state index is 3.67. The Labute approximate surface area is 262 Å². The van der Waals surface area contributed by atoms with E-state index in [1.807, 2.05) is 0 Å². The van der Waals surface area contributed by atoms with Crippen LogP contribution >= 0.6 is 0 Å². The minimum absolute atomic E-state index is 0. The number of rotatable bonds is 2. The van der Waals surface area contributed by atoms with Gasteiger partial charge in [0.2, 0.25) is 0 Å². The summed E-state index contributed by atoms with van der Waals surface area (Å²) in [7, 11) is 0. The number of hydrogen-bond donors (Lipinski definition) is 0. The molecule has 0 saturated carbocycles. The van der Waals surface area contributed by atoms with E-state index in [9.17, 15) is 0 Å². The second kappa shape index (κ2) is 14.8. The fraction of sp³-hybridized carbons (Fsp3) is 0.514. The molecule has 0 heterocycles. The second-order valence-electron chi connectivity index (χ2n) is 13.1. The Hall–Kier alpha value is -0.747. The van der Waals surface area contributed by atoms with Crippen molar-refractivity contribution < 1.29 is 49.0 Å². The molecule has 1 atom stereocenters. The smallest absolute Gasteiger partial charge is 1.00 e. The van der Waals surface area contributed by atoms with Crippen LogP contribution in [0.2, 0.25) is 0 Å². The molecule has 2 aliphatic rings. The van der Waals surface area contributed by atoms with Crippen molar-refractivity contribution in [3.63, 3.8) is 0 Å². The quantitative estimate of drug-likeness (QED) is 0.379. The van der Waals surface area contributed by atoms with Gasteiger partial charge in [-0.3, -0.25) is 6.08 Å². The molecule has 2 aromatic rings. The first-order chi connectivity index (χ1) is 16.6. The van der Waals surface area contributed by atoms with Crippen molar-refractivity contribution in [3.8, 4) is 11.1 Å². The molecular weight excluding hydrogens is 583 g/mol. The van der Waals surface area contributed by atoms with Crippen molar-refractivity contribution >= 4 is 4.21 Å². The third-order valence-corrected chi connectivity index (χ3v) is 7.12. The second-order valence-corrected chi connectivity index (χ2v) is 13.1. The molecule has 0 nitrogen and oxygen atoms in total. The Bertz CT molecular complexity index is 1060. The standard InChI is InChI=1S/C21H25.C13H21.CH2.2ClH.Zr/c1-20(2,3)16-7-9-18-14(12-16)11-15-13-17(21(4,5)6)8-10-19(15)18;1-6-10-8-11(7-2)12(9-10)13(3,4)5;;;;/h7-10,12H,11H2,1-6H3;9-10H,6-7H2,1-5H3;1H2;2*1H;/q2*-1;;;;+2/p-2. The zero-order valence-corrected chi connectivity index (χ0v) is 29.6. The van der Waals surface area contributed by atoms with E-state index < -0.39 is 0 Å². The summed E-state index contributed by atoms with van der Waals surface area (Å²) in [6.45, 7) is 24.9. The predicted molar refractivity (Wildman–Crippen MR) is 156 cm³/mol. The molecule has 4 rings (SSSR count). The largest absolute Gasteiger partial charge is 1.00 e. The Morgan fingerprint density at radius 1 is 0.816 bits per heavy atom. The molecular formula is C35H48Cl2Zr-2.